The lowest BCUT2D eigenvalue weighted by Crippen LogP contribution is -2.30. The summed E-state index contributed by atoms with van der Waals surface area (Å²) >= 11 is 1.49. The van der Waals surface area contributed by atoms with Crippen molar-refractivity contribution in [1.82, 2.24) is 5.06 Å². The highest BCUT2D eigenvalue weighted by molar-refractivity contribution is 7.99. The zero-order chi connectivity index (χ0) is 15.1. The second-order valence-electron chi connectivity index (χ2n) is 4.79. The SMILES string of the molecule is CON(C)C(=O)Nc1ccc(SCCC(C)C)c(F)c1. The van der Waals surface area contributed by atoms with Gasteiger partial charge in [0.15, 0.2) is 0 Å². The molecule has 1 N–H and O–H groups in total. The first-order valence-electron chi connectivity index (χ1n) is 6.45. The number of nitrogens with zero attached hydrogens (tertiary/aromatic N) is 1. The first-order chi connectivity index (χ1) is 9.43. The molecule has 0 fully saturated rings. The number of nitrogens with one attached hydrogen (secondary N) is 1. The van der Waals surface area contributed by atoms with Crippen LogP contribution in [-0.4, -0.2) is 31.0 Å². The molecule has 0 atom stereocenters. The summed E-state index contributed by atoms with van der Waals surface area (Å²) in [5.74, 6) is 1.16. The number of hydrogen-bond donors (Lipinski definition) is 1. The first kappa shape index (κ1) is 16.8. The molecule has 0 saturated carbocycles. The van der Waals surface area contributed by atoms with Gasteiger partial charge in [-0.05, 0) is 36.3 Å². The minimum atomic E-state index is -0.452. The summed E-state index contributed by atoms with van der Waals surface area (Å²) in [6.07, 6.45) is 1.04. The Morgan fingerprint density at radius 1 is 1.50 bits per heavy atom. The molecule has 20 heavy (non-hydrogen) atoms. The van der Waals surface area contributed by atoms with E-state index in [0.717, 1.165) is 17.2 Å². The zero-order valence-electron chi connectivity index (χ0n) is 12.3. The van der Waals surface area contributed by atoms with Gasteiger partial charge in [-0.1, -0.05) is 13.8 Å². The Bertz CT molecular complexity index is 455. The van der Waals surface area contributed by atoms with Gasteiger partial charge in [0.05, 0.1) is 7.11 Å². The highest BCUT2D eigenvalue weighted by Crippen LogP contribution is 2.26. The van der Waals surface area contributed by atoms with Crippen molar-refractivity contribution in [2.75, 3.05) is 25.2 Å². The molecule has 2 amide bonds. The van der Waals surface area contributed by atoms with Crippen molar-refractivity contribution in [3.63, 3.8) is 0 Å². The molecule has 0 saturated heterocycles. The molecule has 1 rings (SSSR count). The molecule has 112 valence electrons. The van der Waals surface area contributed by atoms with Crippen LogP contribution in [0.15, 0.2) is 23.1 Å². The smallest absolute Gasteiger partial charge is 0.306 e. The van der Waals surface area contributed by atoms with E-state index in [-0.39, 0.29) is 5.82 Å². The van der Waals surface area contributed by atoms with Gasteiger partial charge in [-0.15, -0.1) is 11.8 Å². The van der Waals surface area contributed by atoms with Crippen LogP contribution < -0.4 is 5.32 Å². The van der Waals surface area contributed by atoms with Crippen molar-refractivity contribution in [2.24, 2.45) is 5.92 Å². The number of carbonyl (C=O) groups is 1. The number of carbonyl (C=O) groups excluding carboxylic acids is 1. The number of hydrogen-bond acceptors (Lipinski definition) is 3. The molecule has 0 bridgehead atoms. The summed E-state index contributed by atoms with van der Waals surface area (Å²) in [6.45, 7) is 4.28. The molecule has 6 heteroatoms. The molecule has 0 aromatic heterocycles. The Labute approximate surface area is 123 Å². The number of anilines is 1. The van der Waals surface area contributed by atoms with Gasteiger partial charge in [-0.3, -0.25) is 4.84 Å². The molecule has 0 unspecified atom stereocenters. The lowest BCUT2D eigenvalue weighted by atomic mass is 10.2. The molecule has 0 aliphatic carbocycles. The van der Waals surface area contributed by atoms with Gasteiger partial charge >= 0.3 is 6.03 Å². The van der Waals surface area contributed by atoms with Crippen molar-refractivity contribution in [3.8, 4) is 0 Å². The largest absolute Gasteiger partial charge is 0.345 e. The molecule has 0 aliphatic rings. The Balaban J connectivity index is 2.61. The number of thioether (sulfide) groups is 1. The first-order valence-corrected chi connectivity index (χ1v) is 7.43. The van der Waals surface area contributed by atoms with E-state index in [2.05, 4.69) is 19.2 Å². The predicted molar refractivity (Wildman–Crippen MR) is 80.4 cm³/mol. The van der Waals surface area contributed by atoms with E-state index in [0.29, 0.717) is 16.5 Å². The van der Waals surface area contributed by atoms with Crippen molar-refractivity contribution >= 4 is 23.5 Å². The average molecular weight is 300 g/mol. The maximum absolute atomic E-state index is 13.9. The molecular weight excluding hydrogens is 279 g/mol. The number of hydroxylamine groups is 2. The number of halogens is 1. The normalized spacial score (nSPS) is 10.7. The Hall–Kier alpha value is -1.27. The Kier molecular flexibility index (Phi) is 6.81. The fourth-order valence-corrected chi connectivity index (χ4v) is 2.56. The van der Waals surface area contributed by atoms with E-state index < -0.39 is 6.03 Å². The van der Waals surface area contributed by atoms with E-state index in [9.17, 15) is 9.18 Å². The van der Waals surface area contributed by atoms with Crippen molar-refractivity contribution in [2.45, 2.75) is 25.2 Å². The quantitative estimate of drug-likeness (QED) is 0.638. The molecular formula is C14H21FN2O2S. The van der Waals surface area contributed by atoms with Crippen molar-refractivity contribution < 1.29 is 14.0 Å². The molecule has 1 aromatic carbocycles. The van der Waals surface area contributed by atoms with Gasteiger partial charge in [0, 0.05) is 17.6 Å². The Morgan fingerprint density at radius 3 is 2.75 bits per heavy atom. The predicted octanol–water partition coefficient (Wildman–Crippen LogP) is 3.99. The van der Waals surface area contributed by atoms with Gasteiger partial charge in [0.1, 0.15) is 5.82 Å². The third-order valence-corrected chi connectivity index (χ3v) is 3.78. The maximum atomic E-state index is 13.9. The highest BCUT2D eigenvalue weighted by Gasteiger charge is 2.10. The van der Waals surface area contributed by atoms with E-state index in [4.69, 9.17) is 4.84 Å². The van der Waals surface area contributed by atoms with Crippen LogP contribution in [0.4, 0.5) is 14.9 Å². The van der Waals surface area contributed by atoms with E-state index in [1.165, 1.54) is 32.0 Å². The number of rotatable bonds is 6. The fraction of sp³-hybridized carbons (Fsp3) is 0.500. The summed E-state index contributed by atoms with van der Waals surface area (Å²) in [6, 6.07) is 4.23. The van der Waals surface area contributed by atoms with E-state index in [1.54, 1.807) is 12.1 Å². The summed E-state index contributed by atoms with van der Waals surface area (Å²) < 4.78 is 13.9. The summed E-state index contributed by atoms with van der Waals surface area (Å²) in [5, 5.41) is 3.58. The van der Waals surface area contributed by atoms with Crippen LogP contribution in [0, 0.1) is 11.7 Å². The molecule has 4 nitrogen and oxygen atoms in total. The van der Waals surface area contributed by atoms with Gasteiger partial charge in [-0.25, -0.2) is 14.2 Å². The average Bonchev–Trinajstić information content (AvgIpc) is 2.39. The molecule has 1 aromatic rings. The molecule has 0 aliphatic heterocycles. The van der Waals surface area contributed by atoms with Gasteiger partial charge < -0.3 is 5.32 Å². The summed E-state index contributed by atoms with van der Waals surface area (Å²) in [5.41, 5.74) is 0.407. The monoisotopic (exact) mass is 300 g/mol. The van der Waals surface area contributed by atoms with Crippen LogP contribution in [0.5, 0.6) is 0 Å². The Morgan fingerprint density at radius 2 is 2.20 bits per heavy atom. The van der Waals surface area contributed by atoms with Crippen LogP contribution in [0.25, 0.3) is 0 Å². The van der Waals surface area contributed by atoms with Gasteiger partial charge in [-0.2, -0.15) is 0 Å². The van der Waals surface area contributed by atoms with E-state index in [1.807, 2.05) is 0 Å². The highest BCUT2D eigenvalue weighted by atomic mass is 32.2. The molecule has 0 spiro atoms. The third kappa shape index (κ3) is 5.38. The van der Waals surface area contributed by atoms with Gasteiger partial charge in [0.25, 0.3) is 0 Å². The number of amides is 2. The minimum Gasteiger partial charge on any atom is -0.306 e. The number of urea groups is 1. The van der Waals surface area contributed by atoms with Crippen LogP contribution >= 0.6 is 11.8 Å². The van der Waals surface area contributed by atoms with Crippen LogP contribution in [0.1, 0.15) is 20.3 Å². The maximum Gasteiger partial charge on any atom is 0.345 e. The van der Waals surface area contributed by atoms with E-state index >= 15 is 0 Å². The second kappa shape index (κ2) is 8.11. The standard InChI is InChI=1S/C14H21FN2O2S/c1-10(2)7-8-20-13-6-5-11(9-12(13)15)16-14(18)17(3)19-4/h5-6,9-10H,7-8H2,1-4H3,(H,16,18). The third-order valence-electron chi connectivity index (χ3n) is 2.70. The second-order valence-corrected chi connectivity index (χ2v) is 5.92. The van der Waals surface area contributed by atoms with Crippen LogP contribution in [0.2, 0.25) is 0 Å². The van der Waals surface area contributed by atoms with Crippen molar-refractivity contribution in [3.05, 3.63) is 24.0 Å². The van der Waals surface area contributed by atoms with Gasteiger partial charge in [0.2, 0.25) is 0 Å². The van der Waals surface area contributed by atoms with Crippen LogP contribution in [-0.2, 0) is 4.84 Å². The number of benzene rings is 1. The van der Waals surface area contributed by atoms with Crippen molar-refractivity contribution in [1.29, 1.82) is 0 Å². The van der Waals surface area contributed by atoms with Crippen LogP contribution in [0.3, 0.4) is 0 Å². The summed E-state index contributed by atoms with van der Waals surface area (Å²) in [4.78, 5) is 16.9. The summed E-state index contributed by atoms with van der Waals surface area (Å²) in [7, 11) is 2.86. The molecule has 0 heterocycles. The lowest BCUT2D eigenvalue weighted by Gasteiger charge is -2.15. The topological polar surface area (TPSA) is 41.6 Å². The fourth-order valence-electron chi connectivity index (χ4n) is 1.39. The minimum absolute atomic E-state index is 0.323. The zero-order valence-corrected chi connectivity index (χ0v) is 13.1. The lowest BCUT2D eigenvalue weighted by molar-refractivity contribution is -0.0598. The molecule has 0 radical (unpaired) electrons.